The molecular formula is C9H19NO3. The van der Waals surface area contributed by atoms with E-state index in [0.29, 0.717) is 0 Å². The van der Waals surface area contributed by atoms with Gasteiger partial charge in [-0.05, 0) is 27.8 Å². The smallest absolute Gasteiger partial charge is 0.180 e. The molecule has 1 atom stereocenters. The maximum Gasteiger partial charge on any atom is 0.180 e. The lowest BCUT2D eigenvalue weighted by Gasteiger charge is -2.38. The van der Waals surface area contributed by atoms with Gasteiger partial charge < -0.3 is 10.2 Å². The highest BCUT2D eigenvalue weighted by atomic mass is 16.3. The largest absolute Gasteiger partial charge is 0.394 e. The van der Waals surface area contributed by atoms with Crippen LogP contribution in [-0.2, 0) is 4.79 Å². The van der Waals surface area contributed by atoms with E-state index in [9.17, 15) is 4.79 Å². The summed E-state index contributed by atoms with van der Waals surface area (Å²) in [6, 6.07) is 0.146. The molecular weight excluding hydrogens is 170 g/mol. The normalized spacial score (nSPS) is 16.3. The molecule has 4 nitrogen and oxygen atoms in total. The fraction of sp³-hybridized carbons (Fsp3) is 0.889. The van der Waals surface area contributed by atoms with E-state index >= 15 is 0 Å². The lowest BCUT2D eigenvalue weighted by molar-refractivity contribution is -0.136. The van der Waals surface area contributed by atoms with E-state index in [2.05, 4.69) is 0 Å². The van der Waals surface area contributed by atoms with Crippen LogP contribution in [-0.4, -0.2) is 52.7 Å². The zero-order valence-corrected chi connectivity index (χ0v) is 8.74. The summed E-state index contributed by atoms with van der Waals surface area (Å²) in [5, 5.41) is 17.9. The Labute approximate surface area is 79.2 Å². The molecule has 78 valence electrons. The maximum atomic E-state index is 11.4. The van der Waals surface area contributed by atoms with Crippen molar-refractivity contribution in [3.05, 3.63) is 0 Å². The SMILES string of the molecule is CC(C)N(C)[C@@](C)(CO)C(=O)CO. The van der Waals surface area contributed by atoms with Crippen molar-refractivity contribution < 1.29 is 15.0 Å². The third-order valence-corrected chi connectivity index (χ3v) is 2.61. The minimum absolute atomic E-state index is 0.146. The summed E-state index contributed by atoms with van der Waals surface area (Å²) < 4.78 is 0. The summed E-state index contributed by atoms with van der Waals surface area (Å²) in [4.78, 5) is 13.1. The Hall–Kier alpha value is -0.450. The first-order chi connectivity index (χ1) is 5.90. The molecule has 0 amide bonds. The highest BCUT2D eigenvalue weighted by Gasteiger charge is 2.37. The standard InChI is InChI=1S/C9H19NO3/c1-7(2)10(4)9(3,6-12)8(13)5-11/h7,11-12H,5-6H2,1-4H3/t9-/m0/s1. The van der Waals surface area contributed by atoms with Crippen molar-refractivity contribution >= 4 is 5.78 Å². The minimum Gasteiger partial charge on any atom is -0.394 e. The zero-order valence-electron chi connectivity index (χ0n) is 8.74. The van der Waals surface area contributed by atoms with Crippen molar-refractivity contribution in [3.8, 4) is 0 Å². The van der Waals surface area contributed by atoms with Gasteiger partial charge in [-0.1, -0.05) is 0 Å². The molecule has 0 aromatic heterocycles. The van der Waals surface area contributed by atoms with Crippen LogP contribution in [0.25, 0.3) is 0 Å². The van der Waals surface area contributed by atoms with Crippen molar-refractivity contribution in [1.82, 2.24) is 4.90 Å². The molecule has 13 heavy (non-hydrogen) atoms. The number of rotatable bonds is 5. The van der Waals surface area contributed by atoms with Crippen molar-refractivity contribution in [2.24, 2.45) is 0 Å². The molecule has 0 aliphatic carbocycles. The predicted molar refractivity (Wildman–Crippen MR) is 50.5 cm³/mol. The first-order valence-corrected chi connectivity index (χ1v) is 4.38. The van der Waals surface area contributed by atoms with E-state index in [1.165, 1.54) is 0 Å². The van der Waals surface area contributed by atoms with Crippen LogP contribution >= 0.6 is 0 Å². The van der Waals surface area contributed by atoms with Gasteiger partial charge in [-0.2, -0.15) is 0 Å². The molecule has 0 saturated heterocycles. The summed E-state index contributed by atoms with van der Waals surface area (Å²) in [6.45, 7) is 4.68. The summed E-state index contributed by atoms with van der Waals surface area (Å²) in [5.41, 5.74) is -0.969. The van der Waals surface area contributed by atoms with E-state index < -0.39 is 12.1 Å². The lowest BCUT2D eigenvalue weighted by atomic mass is 9.94. The summed E-state index contributed by atoms with van der Waals surface area (Å²) >= 11 is 0. The molecule has 0 aromatic carbocycles. The van der Waals surface area contributed by atoms with Crippen LogP contribution in [0, 0.1) is 0 Å². The molecule has 0 aliphatic heterocycles. The predicted octanol–water partition coefficient (Wildman–Crippen LogP) is -0.361. The number of carbonyl (C=O) groups excluding carboxylic acids is 1. The Morgan fingerprint density at radius 2 is 1.92 bits per heavy atom. The van der Waals surface area contributed by atoms with Crippen LogP contribution in [0.1, 0.15) is 20.8 Å². The molecule has 0 spiro atoms. The second-order valence-electron chi connectivity index (χ2n) is 3.72. The Kier molecular flexibility index (Phi) is 4.53. The molecule has 2 N–H and O–H groups in total. The Morgan fingerprint density at radius 1 is 1.46 bits per heavy atom. The summed E-state index contributed by atoms with van der Waals surface area (Å²) in [7, 11) is 1.76. The molecule has 0 fully saturated rings. The number of ketones is 1. The van der Waals surface area contributed by atoms with E-state index in [1.54, 1.807) is 18.9 Å². The molecule has 0 aromatic rings. The average Bonchev–Trinajstić information content (AvgIpc) is 2.13. The van der Waals surface area contributed by atoms with Crippen LogP contribution in [0.5, 0.6) is 0 Å². The van der Waals surface area contributed by atoms with Gasteiger partial charge >= 0.3 is 0 Å². The van der Waals surface area contributed by atoms with Gasteiger partial charge in [0.05, 0.1) is 6.61 Å². The second kappa shape index (κ2) is 4.69. The highest BCUT2D eigenvalue weighted by Crippen LogP contribution is 2.16. The van der Waals surface area contributed by atoms with Gasteiger partial charge in [0, 0.05) is 6.04 Å². The number of hydrogen-bond acceptors (Lipinski definition) is 4. The summed E-state index contributed by atoms with van der Waals surface area (Å²) in [6.07, 6.45) is 0. The van der Waals surface area contributed by atoms with Crippen molar-refractivity contribution in [2.45, 2.75) is 32.4 Å². The topological polar surface area (TPSA) is 60.8 Å². The molecule has 0 saturated carbocycles. The van der Waals surface area contributed by atoms with Crippen molar-refractivity contribution in [2.75, 3.05) is 20.3 Å². The second-order valence-corrected chi connectivity index (χ2v) is 3.72. The Morgan fingerprint density at radius 3 is 2.15 bits per heavy atom. The molecule has 0 unspecified atom stereocenters. The monoisotopic (exact) mass is 189 g/mol. The van der Waals surface area contributed by atoms with Crippen molar-refractivity contribution in [3.63, 3.8) is 0 Å². The van der Waals surface area contributed by atoms with Gasteiger partial charge in [-0.25, -0.2) is 0 Å². The van der Waals surface area contributed by atoms with E-state index in [4.69, 9.17) is 10.2 Å². The molecule has 4 heteroatoms. The van der Waals surface area contributed by atoms with Crippen LogP contribution in [0.2, 0.25) is 0 Å². The number of nitrogens with zero attached hydrogens (tertiary/aromatic N) is 1. The molecule has 0 bridgehead atoms. The fourth-order valence-electron chi connectivity index (χ4n) is 1.14. The number of aliphatic hydroxyl groups excluding tert-OH is 2. The average molecular weight is 189 g/mol. The first-order valence-electron chi connectivity index (χ1n) is 4.38. The van der Waals surface area contributed by atoms with E-state index in [1.807, 2.05) is 13.8 Å². The third kappa shape index (κ3) is 2.49. The van der Waals surface area contributed by atoms with Crippen LogP contribution in [0.3, 0.4) is 0 Å². The van der Waals surface area contributed by atoms with E-state index in [-0.39, 0.29) is 18.4 Å². The molecule has 0 aliphatic rings. The lowest BCUT2D eigenvalue weighted by Crippen LogP contribution is -2.56. The van der Waals surface area contributed by atoms with Crippen LogP contribution < -0.4 is 0 Å². The van der Waals surface area contributed by atoms with E-state index in [0.717, 1.165) is 0 Å². The zero-order chi connectivity index (χ0) is 10.6. The molecule has 0 rings (SSSR count). The number of Topliss-reactive ketones (excluding diaryl/α,β-unsaturated/α-hetero) is 1. The number of aliphatic hydroxyl groups is 2. The number of carbonyl (C=O) groups is 1. The first kappa shape index (κ1) is 12.6. The van der Waals surface area contributed by atoms with Gasteiger partial charge in [-0.15, -0.1) is 0 Å². The van der Waals surface area contributed by atoms with Gasteiger partial charge in [-0.3, -0.25) is 9.69 Å². The van der Waals surface area contributed by atoms with Crippen LogP contribution in [0.15, 0.2) is 0 Å². The third-order valence-electron chi connectivity index (χ3n) is 2.61. The Balaban J connectivity index is 4.71. The van der Waals surface area contributed by atoms with Gasteiger partial charge in [0.1, 0.15) is 12.1 Å². The van der Waals surface area contributed by atoms with Gasteiger partial charge in [0.2, 0.25) is 0 Å². The number of likely N-dealkylation sites (N-methyl/N-ethyl adjacent to an activating group) is 1. The Bertz CT molecular complexity index is 182. The molecule has 0 heterocycles. The van der Waals surface area contributed by atoms with Gasteiger partial charge in [0.15, 0.2) is 5.78 Å². The minimum atomic E-state index is -0.969. The quantitative estimate of drug-likeness (QED) is 0.620. The number of hydrogen-bond donors (Lipinski definition) is 2. The summed E-state index contributed by atoms with van der Waals surface area (Å²) in [5.74, 6) is -0.355. The van der Waals surface area contributed by atoms with Crippen molar-refractivity contribution in [1.29, 1.82) is 0 Å². The van der Waals surface area contributed by atoms with Gasteiger partial charge in [0.25, 0.3) is 0 Å². The fourth-order valence-corrected chi connectivity index (χ4v) is 1.14. The maximum absolute atomic E-state index is 11.4. The molecule has 0 radical (unpaired) electrons. The highest BCUT2D eigenvalue weighted by molar-refractivity contribution is 5.89. The van der Waals surface area contributed by atoms with Crippen LogP contribution in [0.4, 0.5) is 0 Å².